The summed E-state index contributed by atoms with van der Waals surface area (Å²) in [5.74, 6) is -0.364. The lowest BCUT2D eigenvalue weighted by molar-refractivity contribution is -0.140. The van der Waals surface area contributed by atoms with Crippen LogP contribution in [0, 0.1) is 0 Å². The largest absolute Gasteiger partial charge is 0.488 e. The average Bonchev–Trinajstić information content (AvgIpc) is 2.57. The van der Waals surface area contributed by atoms with E-state index in [2.05, 4.69) is 16.1 Å². The van der Waals surface area contributed by atoms with E-state index in [1.54, 1.807) is 14.0 Å². The first kappa shape index (κ1) is 23.3. The van der Waals surface area contributed by atoms with Crippen LogP contribution in [0.15, 0.2) is 36.4 Å². The van der Waals surface area contributed by atoms with Gasteiger partial charge in [-0.3, -0.25) is 4.79 Å². The fourth-order valence-corrected chi connectivity index (χ4v) is 1.09. The van der Waals surface area contributed by atoms with Gasteiger partial charge >= 0.3 is 13.1 Å². The number of methoxy groups -OCH3 is 1. The molecule has 0 radical (unpaired) electrons. The third kappa shape index (κ3) is 12.3. The maximum Gasteiger partial charge on any atom is 0.488 e. The highest BCUT2D eigenvalue weighted by molar-refractivity contribution is 6.58. The maximum atomic E-state index is 10.6. The highest BCUT2D eigenvalue weighted by Crippen LogP contribution is 1.92. The van der Waals surface area contributed by atoms with Crippen molar-refractivity contribution in [1.29, 1.82) is 0 Å². The van der Waals surface area contributed by atoms with E-state index in [0.717, 1.165) is 0 Å². The Bertz CT molecular complexity index is 456. The van der Waals surface area contributed by atoms with E-state index in [1.807, 2.05) is 13.8 Å². The molecule has 1 aromatic carbocycles. The van der Waals surface area contributed by atoms with Crippen LogP contribution in [-0.4, -0.2) is 49.7 Å². The molecule has 0 saturated heterocycles. The van der Waals surface area contributed by atoms with Crippen molar-refractivity contribution in [2.75, 3.05) is 20.3 Å². The van der Waals surface area contributed by atoms with Crippen LogP contribution in [0.3, 0.4) is 0 Å². The Hall–Kier alpha value is -1.96. The number of ether oxygens (including phenoxy) is 2. The van der Waals surface area contributed by atoms with Crippen molar-refractivity contribution in [3.05, 3.63) is 42.0 Å². The van der Waals surface area contributed by atoms with E-state index >= 15 is 0 Å². The van der Waals surface area contributed by atoms with E-state index in [0.29, 0.717) is 36.1 Å². The van der Waals surface area contributed by atoms with Gasteiger partial charge in [0.15, 0.2) is 0 Å². The van der Waals surface area contributed by atoms with Crippen molar-refractivity contribution in [3.63, 3.8) is 0 Å². The quantitative estimate of drug-likeness (QED) is 0.266. The first-order chi connectivity index (χ1) is 10.9. The minimum absolute atomic E-state index is 0.294. The van der Waals surface area contributed by atoms with E-state index in [4.69, 9.17) is 10.0 Å². The van der Waals surface area contributed by atoms with Gasteiger partial charge in [0.1, 0.15) is 12.9 Å². The lowest BCUT2D eigenvalue weighted by atomic mass is 9.80. The number of esters is 1. The molecular formula is C16H25BO6. The summed E-state index contributed by atoms with van der Waals surface area (Å²) in [7, 11) is 0.0879. The Morgan fingerprint density at radius 1 is 1.22 bits per heavy atom. The number of hydrogen-bond donors (Lipinski definition) is 2. The Labute approximate surface area is 137 Å². The molecule has 0 aliphatic heterocycles. The van der Waals surface area contributed by atoms with Crippen molar-refractivity contribution in [3.8, 4) is 0 Å². The second-order valence-electron chi connectivity index (χ2n) is 4.07. The zero-order valence-corrected chi connectivity index (χ0v) is 14.1. The molecular weight excluding hydrogens is 299 g/mol. The van der Waals surface area contributed by atoms with Gasteiger partial charge in [0.25, 0.3) is 0 Å². The van der Waals surface area contributed by atoms with Crippen molar-refractivity contribution in [1.82, 2.24) is 0 Å². The second-order valence-corrected chi connectivity index (χ2v) is 4.07. The third-order valence-corrected chi connectivity index (χ3v) is 2.24. The lowest BCUT2D eigenvalue weighted by Crippen LogP contribution is -2.29. The predicted molar refractivity (Wildman–Crippen MR) is 90.7 cm³/mol. The van der Waals surface area contributed by atoms with Crippen LogP contribution in [-0.2, 0) is 14.3 Å². The highest BCUT2D eigenvalue weighted by Gasteiger charge is 2.08. The first-order valence-corrected chi connectivity index (χ1v) is 7.15. The summed E-state index contributed by atoms with van der Waals surface area (Å²) in [5, 5.41) is 17.3. The molecule has 0 bridgehead atoms. The van der Waals surface area contributed by atoms with Gasteiger partial charge in [-0.05, 0) is 12.4 Å². The Kier molecular flexibility index (Phi) is 15.2. The van der Waals surface area contributed by atoms with Crippen LogP contribution in [0.2, 0.25) is 0 Å². The SMILES string of the molecule is C=C(C)C(=O)OCCOC.CC.O=Cc1ccc(B(O)O)cc1. The van der Waals surface area contributed by atoms with Gasteiger partial charge in [0.2, 0.25) is 0 Å². The molecule has 23 heavy (non-hydrogen) atoms. The Morgan fingerprint density at radius 2 is 1.74 bits per heavy atom. The molecule has 0 amide bonds. The molecule has 0 aliphatic carbocycles. The van der Waals surface area contributed by atoms with Crippen LogP contribution in [0.4, 0.5) is 0 Å². The molecule has 0 saturated carbocycles. The molecule has 0 fully saturated rings. The summed E-state index contributed by atoms with van der Waals surface area (Å²) in [6.45, 7) is 9.75. The van der Waals surface area contributed by atoms with E-state index in [1.165, 1.54) is 24.3 Å². The molecule has 0 aromatic heterocycles. The standard InChI is InChI=1S/C7H7BO3.C7H12O3.C2H6/c9-5-6-1-3-7(4-2-6)8(10)11;1-6(2)7(8)10-5-4-9-3;1-2/h1-5,10-11H;1,4-5H2,2-3H3;1-2H3. The van der Waals surface area contributed by atoms with Crippen molar-refractivity contribution in [2.24, 2.45) is 0 Å². The van der Waals surface area contributed by atoms with Crippen molar-refractivity contribution in [2.45, 2.75) is 20.8 Å². The molecule has 128 valence electrons. The number of benzene rings is 1. The van der Waals surface area contributed by atoms with E-state index in [-0.39, 0.29) is 5.97 Å². The summed E-state index contributed by atoms with van der Waals surface area (Å²) < 4.78 is 9.35. The van der Waals surface area contributed by atoms with Crippen molar-refractivity contribution >= 4 is 24.8 Å². The molecule has 1 aromatic rings. The third-order valence-electron chi connectivity index (χ3n) is 2.24. The molecule has 6 nitrogen and oxygen atoms in total. The molecule has 7 heteroatoms. The smallest absolute Gasteiger partial charge is 0.460 e. The number of carbonyl (C=O) groups is 2. The molecule has 0 unspecified atom stereocenters. The normalized spacial score (nSPS) is 8.61. The number of hydrogen-bond acceptors (Lipinski definition) is 6. The van der Waals surface area contributed by atoms with E-state index < -0.39 is 7.12 Å². The maximum absolute atomic E-state index is 10.6. The van der Waals surface area contributed by atoms with Crippen molar-refractivity contribution < 1.29 is 29.1 Å². The topological polar surface area (TPSA) is 93.1 Å². The lowest BCUT2D eigenvalue weighted by Gasteiger charge is -2.01. The number of rotatable bonds is 6. The predicted octanol–water partition coefficient (Wildman–Crippen LogP) is 0.957. The average molecular weight is 324 g/mol. The van der Waals surface area contributed by atoms with Crippen LogP contribution >= 0.6 is 0 Å². The zero-order chi connectivity index (χ0) is 18.3. The van der Waals surface area contributed by atoms with Crippen LogP contribution in [0.25, 0.3) is 0 Å². The summed E-state index contributed by atoms with van der Waals surface area (Å²) >= 11 is 0. The molecule has 0 spiro atoms. The minimum Gasteiger partial charge on any atom is -0.460 e. The van der Waals surface area contributed by atoms with E-state index in [9.17, 15) is 9.59 Å². The molecule has 0 heterocycles. The van der Waals surface area contributed by atoms with Gasteiger partial charge in [-0.2, -0.15) is 0 Å². The van der Waals surface area contributed by atoms with Crippen LogP contribution in [0.1, 0.15) is 31.1 Å². The molecule has 0 aliphatic rings. The Balaban J connectivity index is 0. The van der Waals surface area contributed by atoms with Gasteiger partial charge in [0.05, 0.1) is 6.61 Å². The molecule has 2 N–H and O–H groups in total. The summed E-state index contributed by atoms with van der Waals surface area (Å²) in [6, 6.07) is 6.05. The van der Waals surface area contributed by atoms with Gasteiger partial charge in [0, 0.05) is 18.2 Å². The highest BCUT2D eigenvalue weighted by atomic mass is 16.6. The summed E-state index contributed by atoms with van der Waals surface area (Å²) in [5.41, 5.74) is 1.32. The van der Waals surface area contributed by atoms with Crippen LogP contribution in [0.5, 0.6) is 0 Å². The first-order valence-electron chi connectivity index (χ1n) is 7.15. The summed E-state index contributed by atoms with van der Waals surface area (Å²) in [4.78, 5) is 20.8. The fourth-order valence-electron chi connectivity index (χ4n) is 1.09. The second kappa shape index (κ2) is 15.0. The van der Waals surface area contributed by atoms with Gasteiger partial charge in [-0.1, -0.05) is 44.7 Å². The number of aldehydes is 1. The van der Waals surface area contributed by atoms with Gasteiger partial charge < -0.3 is 19.5 Å². The zero-order valence-electron chi connectivity index (χ0n) is 14.1. The van der Waals surface area contributed by atoms with Gasteiger partial charge in [-0.15, -0.1) is 0 Å². The summed E-state index contributed by atoms with van der Waals surface area (Å²) in [6.07, 6.45) is 0.702. The van der Waals surface area contributed by atoms with Gasteiger partial charge in [-0.25, -0.2) is 4.79 Å². The molecule has 1 rings (SSSR count). The Morgan fingerprint density at radius 3 is 2.09 bits per heavy atom. The minimum atomic E-state index is -1.46. The fraction of sp³-hybridized carbons (Fsp3) is 0.375. The monoisotopic (exact) mass is 324 g/mol. The number of carbonyl (C=O) groups excluding carboxylic acids is 2. The van der Waals surface area contributed by atoms with Crippen LogP contribution < -0.4 is 5.46 Å². The molecule has 0 atom stereocenters.